The molecule has 0 atom stereocenters. The first-order valence-corrected chi connectivity index (χ1v) is 17.6. The van der Waals surface area contributed by atoms with Gasteiger partial charge in [0.05, 0.1) is 99.1 Å². The van der Waals surface area contributed by atoms with Crippen molar-refractivity contribution < 1.29 is 37.9 Å². The van der Waals surface area contributed by atoms with E-state index in [1.165, 1.54) is 96.3 Å². The van der Waals surface area contributed by atoms with Crippen molar-refractivity contribution >= 4 is 0 Å². The molecular formula is C35H70O8. The summed E-state index contributed by atoms with van der Waals surface area (Å²) in [4.78, 5) is 0. The molecule has 0 fully saturated rings. The zero-order valence-corrected chi connectivity index (χ0v) is 28.2. The predicted molar refractivity (Wildman–Crippen MR) is 176 cm³/mol. The first-order chi connectivity index (χ1) is 21.4. The van der Waals surface area contributed by atoms with E-state index in [9.17, 15) is 0 Å². The second kappa shape index (κ2) is 41.4. The van der Waals surface area contributed by atoms with Gasteiger partial charge < -0.3 is 37.9 Å². The van der Waals surface area contributed by atoms with E-state index >= 15 is 0 Å². The number of unbranched alkanes of at least 4 members (excludes halogenated alkanes) is 15. The van der Waals surface area contributed by atoms with Crippen LogP contribution in [0.25, 0.3) is 0 Å². The fraction of sp³-hybridized carbons (Fsp3) is 0.943. The van der Waals surface area contributed by atoms with Crippen LogP contribution in [0.2, 0.25) is 0 Å². The molecule has 0 heterocycles. The Morgan fingerprint density at radius 2 is 0.535 bits per heavy atom. The molecule has 258 valence electrons. The third-order valence-corrected chi connectivity index (χ3v) is 6.98. The highest BCUT2D eigenvalue weighted by molar-refractivity contribution is 4.63. The minimum atomic E-state index is 0.545. The van der Waals surface area contributed by atoms with Gasteiger partial charge >= 0.3 is 0 Å². The van der Waals surface area contributed by atoms with Crippen LogP contribution in [0.4, 0.5) is 0 Å². The second-order valence-electron chi connectivity index (χ2n) is 11.0. The van der Waals surface area contributed by atoms with Gasteiger partial charge in [0.2, 0.25) is 0 Å². The summed E-state index contributed by atoms with van der Waals surface area (Å²) in [6.45, 7) is 15.2. The van der Waals surface area contributed by atoms with Crippen LogP contribution in [0.15, 0.2) is 12.7 Å². The summed E-state index contributed by atoms with van der Waals surface area (Å²) in [5.74, 6) is 0. The first-order valence-electron chi connectivity index (χ1n) is 17.6. The summed E-state index contributed by atoms with van der Waals surface area (Å²) in [5, 5.41) is 0. The third-order valence-electron chi connectivity index (χ3n) is 6.98. The molecule has 0 aromatic heterocycles. The molecular weight excluding hydrogens is 548 g/mol. The summed E-state index contributed by atoms with van der Waals surface area (Å²) >= 11 is 0. The first kappa shape index (κ1) is 42.4. The Hall–Kier alpha value is -0.580. The maximum atomic E-state index is 5.68. The van der Waals surface area contributed by atoms with Crippen LogP contribution in [0.3, 0.4) is 0 Å². The van der Waals surface area contributed by atoms with E-state index < -0.39 is 0 Å². The maximum Gasteiger partial charge on any atom is 0.0704 e. The summed E-state index contributed by atoms with van der Waals surface area (Å²) in [7, 11) is 0. The fourth-order valence-corrected chi connectivity index (χ4v) is 4.46. The van der Waals surface area contributed by atoms with Gasteiger partial charge in [-0.25, -0.2) is 0 Å². The summed E-state index contributed by atoms with van der Waals surface area (Å²) in [6, 6.07) is 0. The Labute approximate surface area is 265 Å². The summed E-state index contributed by atoms with van der Waals surface area (Å²) in [5.41, 5.74) is 0. The second-order valence-corrected chi connectivity index (χ2v) is 11.0. The van der Waals surface area contributed by atoms with Gasteiger partial charge in [0.15, 0.2) is 0 Å². The average molecular weight is 619 g/mol. The molecule has 0 aliphatic heterocycles. The molecule has 0 aromatic carbocycles. The van der Waals surface area contributed by atoms with E-state index in [0.717, 1.165) is 13.0 Å². The molecule has 0 radical (unpaired) electrons. The standard InChI is InChI=1S/C35H70O8/c1-3-5-6-7-8-9-10-11-12-13-14-15-16-17-18-19-21-37-23-25-39-27-29-41-31-33-43-35-34-42-32-30-40-28-26-38-24-22-36-20-4-2/h4H,2-3,5-35H2,1H3. The van der Waals surface area contributed by atoms with Gasteiger partial charge in [0.25, 0.3) is 0 Å². The van der Waals surface area contributed by atoms with Crippen LogP contribution in [0.1, 0.15) is 110 Å². The van der Waals surface area contributed by atoms with Gasteiger partial charge in [-0.15, -0.1) is 6.58 Å². The van der Waals surface area contributed by atoms with Gasteiger partial charge in [-0.1, -0.05) is 109 Å². The van der Waals surface area contributed by atoms with Gasteiger partial charge in [-0.05, 0) is 6.42 Å². The topological polar surface area (TPSA) is 73.8 Å². The van der Waals surface area contributed by atoms with Crippen LogP contribution in [-0.4, -0.2) is 106 Å². The smallest absolute Gasteiger partial charge is 0.0704 e. The van der Waals surface area contributed by atoms with Crippen molar-refractivity contribution in [3.05, 3.63) is 12.7 Å². The highest BCUT2D eigenvalue weighted by Crippen LogP contribution is 2.13. The Bertz CT molecular complexity index is 494. The molecule has 8 heteroatoms. The minimum absolute atomic E-state index is 0.545. The molecule has 0 spiro atoms. The number of hydrogen-bond donors (Lipinski definition) is 0. The molecule has 43 heavy (non-hydrogen) atoms. The van der Waals surface area contributed by atoms with Crippen LogP contribution in [0, 0.1) is 0 Å². The Morgan fingerprint density at radius 1 is 0.302 bits per heavy atom. The Kier molecular flexibility index (Phi) is 40.9. The van der Waals surface area contributed by atoms with Crippen molar-refractivity contribution in [3.8, 4) is 0 Å². The van der Waals surface area contributed by atoms with Crippen molar-refractivity contribution in [2.45, 2.75) is 110 Å². The number of rotatable bonds is 40. The van der Waals surface area contributed by atoms with Crippen LogP contribution in [0.5, 0.6) is 0 Å². The lowest BCUT2D eigenvalue weighted by molar-refractivity contribution is -0.0226. The van der Waals surface area contributed by atoms with E-state index in [2.05, 4.69) is 13.5 Å². The Morgan fingerprint density at radius 3 is 0.814 bits per heavy atom. The van der Waals surface area contributed by atoms with Gasteiger partial charge in [-0.3, -0.25) is 0 Å². The molecule has 0 bridgehead atoms. The highest BCUT2D eigenvalue weighted by atomic mass is 16.6. The normalized spacial score (nSPS) is 11.5. The highest BCUT2D eigenvalue weighted by Gasteiger charge is 1.97. The van der Waals surface area contributed by atoms with E-state index in [1.54, 1.807) is 6.08 Å². The molecule has 0 aromatic rings. The van der Waals surface area contributed by atoms with E-state index in [0.29, 0.717) is 99.1 Å². The van der Waals surface area contributed by atoms with Crippen molar-refractivity contribution in [1.29, 1.82) is 0 Å². The third kappa shape index (κ3) is 41.4. The molecule has 0 amide bonds. The van der Waals surface area contributed by atoms with Gasteiger partial charge in [-0.2, -0.15) is 0 Å². The zero-order chi connectivity index (χ0) is 31.0. The summed E-state index contributed by atoms with van der Waals surface area (Å²) < 4.78 is 43.8. The molecule has 0 rings (SSSR count). The molecule has 0 aliphatic carbocycles. The van der Waals surface area contributed by atoms with Gasteiger partial charge in [0, 0.05) is 6.61 Å². The van der Waals surface area contributed by atoms with Gasteiger partial charge in [0.1, 0.15) is 0 Å². The Balaban J connectivity index is 3.03. The lowest BCUT2D eigenvalue weighted by Crippen LogP contribution is -2.15. The maximum absolute atomic E-state index is 5.68. The predicted octanol–water partition coefficient (Wildman–Crippen LogP) is 7.57. The van der Waals surface area contributed by atoms with E-state index in [1.807, 2.05) is 0 Å². The van der Waals surface area contributed by atoms with Crippen molar-refractivity contribution in [2.75, 3.05) is 106 Å². The fourth-order valence-electron chi connectivity index (χ4n) is 4.46. The minimum Gasteiger partial charge on any atom is -0.379 e. The lowest BCUT2D eigenvalue weighted by Gasteiger charge is -2.08. The zero-order valence-electron chi connectivity index (χ0n) is 28.2. The molecule has 0 saturated carbocycles. The average Bonchev–Trinajstić information content (AvgIpc) is 3.02. The molecule has 0 N–H and O–H groups in total. The molecule has 0 saturated heterocycles. The van der Waals surface area contributed by atoms with Crippen molar-refractivity contribution in [3.63, 3.8) is 0 Å². The number of hydrogen-bond acceptors (Lipinski definition) is 8. The monoisotopic (exact) mass is 619 g/mol. The van der Waals surface area contributed by atoms with Crippen molar-refractivity contribution in [2.24, 2.45) is 0 Å². The van der Waals surface area contributed by atoms with Crippen molar-refractivity contribution in [1.82, 2.24) is 0 Å². The van der Waals surface area contributed by atoms with Crippen LogP contribution in [-0.2, 0) is 37.9 Å². The van der Waals surface area contributed by atoms with E-state index in [-0.39, 0.29) is 0 Å². The summed E-state index contributed by atoms with van der Waals surface area (Å²) in [6.07, 6.45) is 24.0. The quantitative estimate of drug-likeness (QED) is 0.0514. The molecule has 0 aliphatic rings. The molecule has 8 nitrogen and oxygen atoms in total. The lowest BCUT2D eigenvalue weighted by atomic mass is 10.0. The van der Waals surface area contributed by atoms with Crippen LogP contribution >= 0.6 is 0 Å². The van der Waals surface area contributed by atoms with Crippen LogP contribution < -0.4 is 0 Å². The molecule has 0 unspecified atom stereocenters. The van der Waals surface area contributed by atoms with E-state index in [4.69, 9.17) is 37.9 Å². The number of ether oxygens (including phenoxy) is 8. The largest absolute Gasteiger partial charge is 0.379 e. The SMILES string of the molecule is C=CCOCCOCCOCCOCCOCCOCCOCCOCCCCCCCCCCCCCCCCCC.